The van der Waals surface area contributed by atoms with Gasteiger partial charge in [-0.15, -0.1) is 0 Å². The summed E-state index contributed by atoms with van der Waals surface area (Å²) >= 11 is 0. The molecule has 0 aliphatic rings. The molecule has 0 radical (unpaired) electrons. The number of ketones is 1. The molecule has 112 valence electrons. The van der Waals surface area contributed by atoms with Gasteiger partial charge in [-0.05, 0) is 36.8 Å². The second-order valence-electron chi connectivity index (χ2n) is 5.64. The van der Waals surface area contributed by atoms with Gasteiger partial charge in [-0.2, -0.15) is 0 Å². The van der Waals surface area contributed by atoms with Crippen molar-refractivity contribution in [2.45, 2.75) is 13.8 Å². The minimum atomic E-state index is -0.0915. The van der Waals surface area contributed by atoms with Crippen molar-refractivity contribution in [2.24, 2.45) is 0 Å². The first-order chi connectivity index (χ1) is 11.1. The molecule has 4 heteroatoms. The summed E-state index contributed by atoms with van der Waals surface area (Å²) in [4.78, 5) is 20.4. The lowest BCUT2D eigenvalue weighted by molar-refractivity contribution is 0.101. The zero-order chi connectivity index (χ0) is 16.0. The number of carbonyl (C=O) groups is 1. The Labute approximate surface area is 132 Å². The summed E-state index contributed by atoms with van der Waals surface area (Å²) in [6, 6.07) is 13.8. The summed E-state index contributed by atoms with van der Waals surface area (Å²) < 4.78 is 5.96. The van der Waals surface area contributed by atoms with Crippen LogP contribution < -0.4 is 0 Å². The van der Waals surface area contributed by atoms with E-state index in [2.05, 4.69) is 9.97 Å². The number of nitrogens with zero attached hydrogens (tertiary/aromatic N) is 2. The molecule has 4 rings (SSSR count). The van der Waals surface area contributed by atoms with Crippen molar-refractivity contribution in [3.05, 3.63) is 59.9 Å². The lowest BCUT2D eigenvalue weighted by Gasteiger charge is -2.06. The average Bonchev–Trinajstić information content (AvgIpc) is 2.97. The second kappa shape index (κ2) is 5.02. The number of hydrogen-bond donors (Lipinski definition) is 0. The minimum Gasteiger partial charge on any atom is -0.456 e. The second-order valence-corrected chi connectivity index (χ2v) is 5.64. The van der Waals surface area contributed by atoms with Gasteiger partial charge in [0.05, 0.1) is 17.2 Å². The zero-order valence-corrected chi connectivity index (χ0v) is 12.8. The van der Waals surface area contributed by atoms with Gasteiger partial charge in [-0.25, -0.2) is 4.98 Å². The van der Waals surface area contributed by atoms with Crippen LogP contribution >= 0.6 is 0 Å². The molecule has 0 saturated carbocycles. The number of furan rings is 1. The van der Waals surface area contributed by atoms with Crippen molar-refractivity contribution in [3.8, 4) is 11.3 Å². The van der Waals surface area contributed by atoms with Crippen LogP contribution in [0, 0.1) is 6.92 Å². The SMILES string of the molecule is CC(=O)c1cnc2c(-c3cc4ccccc4o3)cc(C)cc2n1. The fourth-order valence-corrected chi connectivity index (χ4v) is 2.74. The molecule has 0 fully saturated rings. The molecule has 0 bridgehead atoms. The van der Waals surface area contributed by atoms with E-state index in [1.54, 1.807) is 0 Å². The van der Waals surface area contributed by atoms with E-state index in [0.717, 1.165) is 33.4 Å². The fourth-order valence-electron chi connectivity index (χ4n) is 2.74. The van der Waals surface area contributed by atoms with Crippen LogP contribution in [0.1, 0.15) is 23.0 Å². The number of aryl methyl sites for hydroxylation is 1. The third-order valence-electron chi connectivity index (χ3n) is 3.84. The fraction of sp³-hybridized carbons (Fsp3) is 0.105. The molecule has 2 aromatic carbocycles. The highest BCUT2D eigenvalue weighted by Gasteiger charge is 2.13. The summed E-state index contributed by atoms with van der Waals surface area (Å²) in [7, 11) is 0. The van der Waals surface area contributed by atoms with Gasteiger partial charge in [0.2, 0.25) is 0 Å². The summed E-state index contributed by atoms with van der Waals surface area (Å²) in [5.41, 5.74) is 4.58. The van der Waals surface area contributed by atoms with Crippen LogP contribution in [0.25, 0.3) is 33.3 Å². The Morgan fingerprint density at radius 3 is 2.74 bits per heavy atom. The van der Waals surface area contributed by atoms with Crippen molar-refractivity contribution in [1.82, 2.24) is 9.97 Å². The smallest absolute Gasteiger partial charge is 0.179 e. The Morgan fingerprint density at radius 1 is 1.13 bits per heavy atom. The van der Waals surface area contributed by atoms with E-state index in [0.29, 0.717) is 11.2 Å². The average molecular weight is 302 g/mol. The molecule has 4 nitrogen and oxygen atoms in total. The van der Waals surface area contributed by atoms with Crippen molar-refractivity contribution in [3.63, 3.8) is 0 Å². The minimum absolute atomic E-state index is 0.0915. The van der Waals surface area contributed by atoms with E-state index >= 15 is 0 Å². The molecule has 0 aliphatic carbocycles. The Hall–Kier alpha value is -3.01. The molecule has 0 saturated heterocycles. The van der Waals surface area contributed by atoms with E-state index in [9.17, 15) is 4.79 Å². The van der Waals surface area contributed by atoms with Gasteiger partial charge < -0.3 is 4.42 Å². The van der Waals surface area contributed by atoms with Gasteiger partial charge in [0.25, 0.3) is 0 Å². The van der Waals surface area contributed by atoms with Crippen LogP contribution in [0.2, 0.25) is 0 Å². The van der Waals surface area contributed by atoms with Crippen molar-refractivity contribution >= 4 is 27.8 Å². The van der Waals surface area contributed by atoms with Gasteiger partial charge in [-0.3, -0.25) is 9.78 Å². The van der Waals surface area contributed by atoms with Crippen LogP contribution in [0.4, 0.5) is 0 Å². The lowest BCUT2D eigenvalue weighted by Crippen LogP contribution is -1.99. The number of Topliss-reactive ketones (excluding diaryl/α,β-unsaturated/α-hetero) is 1. The number of hydrogen-bond acceptors (Lipinski definition) is 4. The summed E-state index contributed by atoms with van der Waals surface area (Å²) in [5.74, 6) is 0.663. The van der Waals surface area contributed by atoms with Crippen LogP contribution in [0.3, 0.4) is 0 Å². The number of benzene rings is 2. The molecule has 23 heavy (non-hydrogen) atoms. The number of fused-ring (bicyclic) bond motifs is 2. The van der Waals surface area contributed by atoms with Gasteiger partial charge in [0, 0.05) is 17.9 Å². The Balaban J connectivity index is 2.00. The molecule has 0 N–H and O–H groups in total. The van der Waals surface area contributed by atoms with Gasteiger partial charge in [0.15, 0.2) is 5.78 Å². The topological polar surface area (TPSA) is 56.0 Å². The molecule has 0 aliphatic heterocycles. The molecular formula is C19H14N2O2. The molecule has 2 heterocycles. The summed E-state index contributed by atoms with van der Waals surface area (Å²) in [5, 5.41) is 1.05. The van der Waals surface area contributed by atoms with Crippen LogP contribution in [0.5, 0.6) is 0 Å². The van der Waals surface area contributed by atoms with Crippen molar-refractivity contribution in [2.75, 3.05) is 0 Å². The van der Waals surface area contributed by atoms with Gasteiger partial charge >= 0.3 is 0 Å². The molecule has 0 spiro atoms. The Kier molecular flexibility index (Phi) is 2.98. The first kappa shape index (κ1) is 13.6. The Morgan fingerprint density at radius 2 is 1.96 bits per heavy atom. The normalized spacial score (nSPS) is 11.2. The molecule has 2 aromatic heterocycles. The standard InChI is InChI=1S/C19H14N2O2/c1-11-7-14(18-9-13-5-3-4-6-17(13)23-18)19-15(8-11)21-16(10-20-19)12(2)22/h3-10H,1-2H3. The highest BCUT2D eigenvalue weighted by Crippen LogP contribution is 2.32. The molecule has 0 amide bonds. The maximum Gasteiger partial charge on any atom is 0.179 e. The maximum atomic E-state index is 11.5. The van der Waals surface area contributed by atoms with E-state index in [4.69, 9.17) is 4.42 Å². The van der Waals surface area contributed by atoms with E-state index in [1.807, 2.05) is 49.4 Å². The predicted molar refractivity (Wildman–Crippen MR) is 89.5 cm³/mol. The maximum absolute atomic E-state index is 11.5. The molecule has 4 aromatic rings. The largest absolute Gasteiger partial charge is 0.456 e. The van der Waals surface area contributed by atoms with Crippen LogP contribution in [0.15, 0.2) is 53.1 Å². The number of rotatable bonds is 2. The summed E-state index contributed by atoms with van der Waals surface area (Å²) in [6.45, 7) is 3.49. The van der Waals surface area contributed by atoms with Crippen molar-refractivity contribution < 1.29 is 9.21 Å². The number of aromatic nitrogens is 2. The van der Waals surface area contributed by atoms with E-state index in [1.165, 1.54) is 13.1 Å². The van der Waals surface area contributed by atoms with E-state index < -0.39 is 0 Å². The highest BCUT2D eigenvalue weighted by atomic mass is 16.3. The molecule has 0 unspecified atom stereocenters. The first-order valence-electron chi connectivity index (χ1n) is 7.39. The third-order valence-corrected chi connectivity index (χ3v) is 3.84. The lowest BCUT2D eigenvalue weighted by atomic mass is 10.1. The van der Waals surface area contributed by atoms with Crippen LogP contribution in [-0.2, 0) is 0 Å². The van der Waals surface area contributed by atoms with Crippen LogP contribution in [-0.4, -0.2) is 15.8 Å². The van der Waals surface area contributed by atoms with Gasteiger partial charge in [-0.1, -0.05) is 18.2 Å². The monoisotopic (exact) mass is 302 g/mol. The first-order valence-corrected chi connectivity index (χ1v) is 7.39. The number of para-hydroxylation sites is 1. The predicted octanol–water partition coefficient (Wildman–Crippen LogP) is 4.55. The van der Waals surface area contributed by atoms with Crippen molar-refractivity contribution in [1.29, 1.82) is 0 Å². The zero-order valence-electron chi connectivity index (χ0n) is 12.8. The van der Waals surface area contributed by atoms with Gasteiger partial charge in [0.1, 0.15) is 17.0 Å². The summed E-state index contributed by atoms with van der Waals surface area (Å²) in [6.07, 6.45) is 1.52. The Bertz CT molecular complexity index is 1030. The number of carbonyl (C=O) groups excluding carboxylic acids is 1. The quantitative estimate of drug-likeness (QED) is 0.510. The van der Waals surface area contributed by atoms with E-state index in [-0.39, 0.29) is 5.78 Å². The molecular weight excluding hydrogens is 288 g/mol. The highest BCUT2D eigenvalue weighted by molar-refractivity contribution is 5.97. The third kappa shape index (κ3) is 2.28. The molecule has 0 atom stereocenters.